The Morgan fingerprint density at radius 2 is 1.83 bits per heavy atom. The highest BCUT2D eigenvalue weighted by Crippen LogP contribution is 2.46. The molecule has 2 aromatic carbocycles. The standard InChI is InChI=1S/C28H34ClN3O3/c1-18(2)25(31-24(33)15-19-16-30-23-8-6-5-7-22(19)23)26(34)32-14-13-28(35,27(3,4)17-32)20-9-11-21(29)12-10-20/h5-12,16,18,25,30,35H,13-15,17H2,1-4H3,(H,31,33)/t25-,28+/m1/s1. The smallest absolute Gasteiger partial charge is 0.245 e. The van der Waals surface area contributed by atoms with Crippen LogP contribution in [0.5, 0.6) is 0 Å². The predicted octanol–water partition coefficient (Wildman–Crippen LogP) is 4.65. The number of para-hydroxylation sites is 1. The van der Waals surface area contributed by atoms with Gasteiger partial charge in [0.2, 0.25) is 11.8 Å². The minimum atomic E-state index is -1.08. The molecule has 1 aromatic heterocycles. The number of piperidine rings is 1. The van der Waals surface area contributed by atoms with Gasteiger partial charge in [-0.2, -0.15) is 0 Å². The van der Waals surface area contributed by atoms with Crippen LogP contribution in [0, 0.1) is 11.3 Å². The van der Waals surface area contributed by atoms with Crippen molar-refractivity contribution < 1.29 is 14.7 Å². The quantitative estimate of drug-likeness (QED) is 0.465. The second-order valence-corrected chi connectivity index (χ2v) is 11.0. The van der Waals surface area contributed by atoms with Crippen molar-refractivity contribution in [2.45, 2.75) is 52.2 Å². The molecule has 6 nitrogen and oxygen atoms in total. The van der Waals surface area contributed by atoms with E-state index in [1.54, 1.807) is 17.0 Å². The molecule has 1 aliphatic heterocycles. The summed E-state index contributed by atoms with van der Waals surface area (Å²) in [6.45, 7) is 8.61. The van der Waals surface area contributed by atoms with Crippen molar-refractivity contribution in [3.63, 3.8) is 0 Å². The van der Waals surface area contributed by atoms with Gasteiger partial charge in [-0.25, -0.2) is 0 Å². The van der Waals surface area contributed by atoms with Crippen LogP contribution in [-0.4, -0.2) is 45.9 Å². The number of likely N-dealkylation sites (tertiary alicyclic amines) is 1. The lowest BCUT2D eigenvalue weighted by Gasteiger charge is -2.51. The molecule has 0 unspecified atom stereocenters. The minimum absolute atomic E-state index is 0.0744. The Kier molecular flexibility index (Phi) is 6.98. The number of hydrogen-bond donors (Lipinski definition) is 3. The zero-order chi connectivity index (χ0) is 25.4. The van der Waals surface area contributed by atoms with E-state index in [0.717, 1.165) is 22.0 Å². The largest absolute Gasteiger partial charge is 0.384 e. The lowest BCUT2D eigenvalue weighted by Crippen LogP contribution is -2.60. The molecule has 0 bridgehead atoms. The van der Waals surface area contributed by atoms with E-state index in [0.29, 0.717) is 24.5 Å². The van der Waals surface area contributed by atoms with Gasteiger partial charge in [0.05, 0.1) is 12.0 Å². The van der Waals surface area contributed by atoms with E-state index < -0.39 is 17.1 Å². The molecule has 2 heterocycles. The molecule has 1 fully saturated rings. The van der Waals surface area contributed by atoms with Crippen molar-refractivity contribution >= 4 is 34.3 Å². The Hall–Kier alpha value is -2.83. The molecule has 3 N–H and O–H groups in total. The SMILES string of the molecule is CC(C)[C@@H](NC(=O)Cc1c[nH]c2ccccc12)C(=O)N1CC[C@](O)(c2ccc(Cl)cc2)C(C)(C)C1. The summed E-state index contributed by atoms with van der Waals surface area (Å²) in [6.07, 6.45) is 2.45. The third-order valence-corrected chi connectivity index (χ3v) is 7.61. The van der Waals surface area contributed by atoms with Gasteiger partial charge in [-0.1, -0.05) is 69.6 Å². The van der Waals surface area contributed by atoms with E-state index in [9.17, 15) is 14.7 Å². The second-order valence-electron chi connectivity index (χ2n) is 10.6. The van der Waals surface area contributed by atoms with Crippen LogP contribution in [0.3, 0.4) is 0 Å². The fourth-order valence-corrected chi connectivity index (χ4v) is 5.28. The van der Waals surface area contributed by atoms with Crippen molar-refractivity contribution in [1.82, 2.24) is 15.2 Å². The van der Waals surface area contributed by atoms with Crippen LogP contribution in [0.15, 0.2) is 54.7 Å². The molecular formula is C28H34ClN3O3. The number of nitrogens with zero attached hydrogens (tertiary/aromatic N) is 1. The van der Waals surface area contributed by atoms with Crippen molar-refractivity contribution in [1.29, 1.82) is 0 Å². The van der Waals surface area contributed by atoms with Crippen molar-refractivity contribution in [2.24, 2.45) is 11.3 Å². The van der Waals surface area contributed by atoms with Gasteiger partial charge in [-0.05, 0) is 41.7 Å². The van der Waals surface area contributed by atoms with Crippen LogP contribution in [0.1, 0.15) is 45.2 Å². The summed E-state index contributed by atoms with van der Waals surface area (Å²) in [5.41, 5.74) is 1.01. The number of halogens is 1. The third kappa shape index (κ3) is 4.95. The number of amides is 2. The summed E-state index contributed by atoms with van der Waals surface area (Å²) >= 11 is 6.04. The Labute approximate surface area is 211 Å². The number of aliphatic hydroxyl groups is 1. The maximum atomic E-state index is 13.6. The molecule has 1 aliphatic rings. The number of H-pyrrole nitrogens is 1. The van der Waals surface area contributed by atoms with Crippen LogP contribution >= 0.6 is 11.6 Å². The highest BCUT2D eigenvalue weighted by atomic mass is 35.5. The van der Waals surface area contributed by atoms with Gasteiger partial charge in [0.15, 0.2) is 0 Å². The molecule has 1 saturated heterocycles. The summed E-state index contributed by atoms with van der Waals surface area (Å²) < 4.78 is 0. The number of rotatable bonds is 6. The predicted molar refractivity (Wildman–Crippen MR) is 139 cm³/mol. The van der Waals surface area contributed by atoms with E-state index in [1.165, 1.54) is 0 Å². The number of carbonyl (C=O) groups excluding carboxylic acids is 2. The lowest BCUT2D eigenvalue weighted by molar-refractivity contribution is -0.156. The number of aromatic amines is 1. The number of fused-ring (bicyclic) bond motifs is 1. The average Bonchev–Trinajstić information content (AvgIpc) is 3.21. The number of hydrogen-bond acceptors (Lipinski definition) is 3. The molecule has 4 rings (SSSR count). The Bertz CT molecular complexity index is 1220. The van der Waals surface area contributed by atoms with Gasteiger partial charge >= 0.3 is 0 Å². The molecular weight excluding hydrogens is 462 g/mol. The third-order valence-electron chi connectivity index (χ3n) is 7.36. The first-order valence-corrected chi connectivity index (χ1v) is 12.5. The number of aromatic nitrogens is 1. The van der Waals surface area contributed by atoms with Crippen molar-refractivity contribution in [3.05, 3.63) is 70.9 Å². The van der Waals surface area contributed by atoms with Crippen molar-refractivity contribution in [3.8, 4) is 0 Å². The fourth-order valence-electron chi connectivity index (χ4n) is 5.16. The topological polar surface area (TPSA) is 85.4 Å². The number of benzene rings is 2. The number of nitrogens with one attached hydrogen (secondary N) is 2. The van der Waals surface area contributed by atoms with Crippen LogP contribution in [0.2, 0.25) is 5.02 Å². The Morgan fingerprint density at radius 3 is 2.49 bits per heavy atom. The highest BCUT2D eigenvalue weighted by Gasteiger charge is 2.50. The second kappa shape index (κ2) is 9.67. The fraction of sp³-hybridized carbons (Fsp3) is 0.429. The molecule has 2 amide bonds. The summed E-state index contributed by atoms with van der Waals surface area (Å²) in [7, 11) is 0. The van der Waals surface area contributed by atoms with E-state index in [-0.39, 0.29) is 24.2 Å². The van der Waals surface area contributed by atoms with Crippen LogP contribution < -0.4 is 5.32 Å². The Balaban J connectivity index is 1.46. The zero-order valence-corrected chi connectivity index (χ0v) is 21.5. The molecule has 186 valence electrons. The maximum absolute atomic E-state index is 13.6. The molecule has 3 aromatic rings. The molecule has 0 spiro atoms. The van der Waals surface area contributed by atoms with Crippen LogP contribution in [0.25, 0.3) is 10.9 Å². The van der Waals surface area contributed by atoms with E-state index in [4.69, 9.17) is 11.6 Å². The average molecular weight is 496 g/mol. The molecule has 0 aliphatic carbocycles. The first-order valence-electron chi connectivity index (χ1n) is 12.1. The number of carbonyl (C=O) groups is 2. The summed E-state index contributed by atoms with van der Waals surface area (Å²) in [5.74, 6) is -0.371. The van der Waals surface area contributed by atoms with Gasteiger partial charge in [0.25, 0.3) is 0 Å². The monoisotopic (exact) mass is 495 g/mol. The normalized spacial score (nSPS) is 20.7. The Morgan fingerprint density at radius 1 is 1.14 bits per heavy atom. The molecule has 0 radical (unpaired) electrons. The van der Waals surface area contributed by atoms with Crippen LogP contribution in [0.4, 0.5) is 0 Å². The van der Waals surface area contributed by atoms with E-state index in [2.05, 4.69) is 10.3 Å². The maximum Gasteiger partial charge on any atom is 0.245 e. The summed E-state index contributed by atoms with van der Waals surface area (Å²) in [4.78, 5) is 31.5. The van der Waals surface area contributed by atoms with E-state index >= 15 is 0 Å². The molecule has 2 atom stereocenters. The van der Waals surface area contributed by atoms with E-state index in [1.807, 2.05) is 70.3 Å². The first kappa shape index (κ1) is 25.3. The first-order chi connectivity index (χ1) is 16.5. The van der Waals surface area contributed by atoms with Gasteiger partial charge in [0.1, 0.15) is 6.04 Å². The summed E-state index contributed by atoms with van der Waals surface area (Å²) in [6, 6.07) is 14.5. The zero-order valence-electron chi connectivity index (χ0n) is 20.8. The van der Waals surface area contributed by atoms with Crippen molar-refractivity contribution in [2.75, 3.05) is 13.1 Å². The molecule has 0 saturated carbocycles. The van der Waals surface area contributed by atoms with Gasteiger partial charge in [-0.15, -0.1) is 0 Å². The van der Waals surface area contributed by atoms with Crippen LogP contribution in [-0.2, 0) is 21.6 Å². The minimum Gasteiger partial charge on any atom is -0.384 e. The highest BCUT2D eigenvalue weighted by molar-refractivity contribution is 6.30. The van der Waals surface area contributed by atoms with Gasteiger partial charge in [-0.3, -0.25) is 9.59 Å². The molecule has 7 heteroatoms. The van der Waals surface area contributed by atoms with Gasteiger partial charge in [0, 0.05) is 40.6 Å². The summed E-state index contributed by atoms with van der Waals surface area (Å²) in [5, 5.41) is 16.2. The van der Waals surface area contributed by atoms with Gasteiger partial charge < -0.3 is 20.3 Å². The molecule has 35 heavy (non-hydrogen) atoms. The lowest BCUT2D eigenvalue weighted by atomic mass is 9.66.